The van der Waals surface area contributed by atoms with Crippen molar-refractivity contribution in [2.24, 2.45) is 0 Å². The van der Waals surface area contributed by atoms with Gasteiger partial charge in [-0.2, -0.15) is 0 Å². The fourth-order valence-corrected chi connectivity index (χ4v) is 1.70. The number of carbonyl (C=O) groups is 1. The normalized spacial score (nSPS) is 10.6. The van der Waals surface area contributed by atoms with Crippen LogP contribution in [0.2, 0.25) is 0 Å². The van der Waals surface area contributed by atoms with Crippen LogP contribution < -0.4 is 10.1 Å². The second-order valence-electron chi connectivity index (χ2n) is 3.57. The molecule has 0 radical (unpaired) electrons. The Morgan fingerprint density at radius 2 is 2.21 bits per heavy atom. The van der Waals surface area contributed by atoms with Crippen molar-refractivity contribution in [1.29, 1.82) is 0 Å². The van der Waals surface area contributed by atoms with E-state index in [0.29, 0.717) is 11.3 Å². The molecule has 1 N–H and O–H groups in total. The standard InChI is InChI=1S/C12H14BrF2NO3/c1-18-10-6-8(13)2-3-9(10)12(17)16-4-5-19-7-11(14)15/h2-3,6,11H,4-5,7H2,1H3,(H,16,17). The maximum Gasteiger partial charge on any atom is 0.261 e. The van der Waals surface area contributed by atoms with Crippen molar-refractivity contribution in [2.45, 2.75) is 6.43 Å². The molecule has 19 heavy (non-hydrogen) atoms. The van der Waals surface area contributed by atoms with Crippen LogP contribution in [-0.4, -0.2) is 39.2 Å². The van der Waals surface area contributed by atoms with E-state index >= 15 is 0 Å². The molecule has 1 rings (SSSR count). The van der Waals surface area contributed by atoms with E-state index in [9.17, 15) is 13.6 Å². The predicted molar refractivity (Wildman–Crippen MR) is 69.9 cm³/mol. The molecular formula is C12H14BrF2NO3. The highest BCUT2D eigenvalue weighted by Gasteiger charge is 2.12. The molecule has 0 saturated heterocycles. The van der Waals surface area contributed by atoms with Gasteiger partial charge in [0.05, 0.1) is 19.3 Å². The van der Waals surface area contributed by atoms with Gasteiger partial charge in [-0.15, -0.1) is 0 Å². The first kappa shape index (κ1) is 15.8. The third-order valence-corrected chi connectivity index (χ3v) is 2.68. The summed E-state index contributed by atoms with van der Waals surface area (Å²) in [5, 5.41) is 2.56. The number of alkyl halides is 2. The van der Waals surface area contributed by atoms with Crippen LogP contribution in [0.25, 0.3) is 0 Å². The largest absolute Gasteiger partial charge is 0.496 e. The van der Waals surface area contributed by atoms with E-state index in [0.717, 1.165) is 4.47 Å². The first-order valence-electron chi connectivity index (χ1n) is 5.52. The number of benzene rings is 1. The molecule has 0 atom stereocenters. The molecule has 0 aromatic heterocycles. The monoisotopic (exact) mass is 337 g/mol. The predicted octanol–water partition coefficient (Wildman–Crippen LogP) is 2.47. The number of hydrogen-bond acceptors (Lipinski definition) is 3. The second kappa shape index (κ2) is 8.06. The summed E-state index contributed by atoms with van der Waals surface area (Å²) in [6, 6.07) is 4.99. The molecule has 1 amide bonds. The third-order valence-electron chi connectivity index (χ3n) is 2.18. The molecule has 7 heteroatoms. The summed E-state index contributed by atoms with van der Waals surface area (Å²) in [5.41, 5.74) is 0.375. The van der Waals surface area contributed by atoms with E-state index in [2.05, 4.69) is 26.0 Å². The van der Waals surface area contributed by atoms with Gasteiger partial charge < -0.3 is 14.8 Å². The number of hydrogen-bond donors (Lipinski definition) is 1. The number of nitrogens with one attached hydrogen (secondary N) is 1. The van der Waals surface area contributed by atoms with E-state index in [1.165, 1.54) is 7.11 Å². The van der Waals surface area contributed by atoms with Crippen molar-refractivity contribution in [3.63, 3.8) is 0 Å². The van der Waals surface area contributed by atoms with Crippen molar-refractivity contribution < 1.29 is 23.0 Å². The molecule has 1 aromatic rings. The van der Waals surface area contributed by atoms with E-state index in [1.54, 1.807) is 18.2 Å². The molecule has 0 heterocycles. The fourth-order valence-electron chi connectivity index (χ4n) is 1.36. The van der Waals surface area contributed by atoms with Crippen LogP contribution in [-0.2, 0) is 4.74 Å². The molecule has 0 aliphatic carbocycles. The Morgan fingerprint density at radius 1 is 1.47 bits per heavy atom. The number of rotatable bonds is 7. The topological polar surface area (TPSA) is 47.6 Å². The van der Waals surface area contributed by atoms with Gasteiger partial charge in [0.1, 0.15) is 12.4 Å². The number of methoxy groups -OCH3 is 1. The number of amides is 1. The van der Waals surface area contributed by atoms with Gasteiger partial charge in [-0.25, -0.2) is 8.78 Å². The SMILES string of the molecule is COc1cc(Br)ccc1C(=O)NCCOCC(F)F. The van der Waals surface area contributed by atoms with E-state index in [4.69, 9.17) is 4.74 Å². The molecule has 4 nitrogen and oxygen atoms in total. The number of carbonyl (C=O) groups excluding carboxylic acids is 1. The second-order valence-corrected chi connectivity index (χ2v) is 4.48. The first-order chi connectivity index (χ1) is 9.04. The van der Waals surface area contributed by atoms with Crippen LogP contribution in [0.5, 0.6) is 5.75 Å². The van der Waals surface area contributed by atoms with Gasteiger partial charge in [0.25, 0.3) is 12.3 Å². The molecule has 0 aliphatic heterocycles. The van der Waals surface area contributed by atoms with Crippen molar-refractivity contribution in [3.05, 3.63) is 28.2 Å². The fraction of sp³-hybridized carbons (Fsp3) is 0.417. The quantitative estimate of drug-likeness (QED) is 0.777. The van der Waals surface area contributed by atoms with Crippen LogP contribution in [0.4, 0.5) is 8.78 Å². The zero-order valence-electron chi connectivity index (χ0n) is 10.3. The molecule has 0 aliphatic rings. The van der Waals surface area contributed by atoms with Crippen LogP contribution in [0.15, 0.2) is 22.7 Å². The minimum absolute atomic E-state index is 0.0366. The van der Waals surface area contributed by atoms with Crippen LogP contribution in [0.3, 0.4) is 0 Å². The maximum absolute atomic E-state index is 11.8. The molecule has 1 aromatic carbocycles. The van der Waals surface area contributed by atoms with Crippen LogP contribution >= 0.6 is 15.9 Å². The number of ether oxygens (including phenoxy) is 2. The zero-order valence-corrected chi connectivity index (χ0v) is 11.9. The first-order valence-corrected chi connectivity index (χ1v) is 6.31. The molecule has 0 fully saturated rings. The van der Waals surface area contributed by atoms with E-state index < -0.39 is 13.0 Å². The smallest absolute Gasteiger partial charge is 0.261 e. The Morgan fingerprint density at radius 3 is 2.84 bits per heavy atom. The maximum atomic E-state index is 11.8. The lowest BCUT2D eigenvalue weighted by molar-refractivity contribution is 0.0188. The Kier molecular flexibility index (Phi) is 6.72. The summed E-state index contributed by atoms with van der Waals surface area (Å²) in [5.74, 6) is 0.0883. The molecule has 0 unspecified atom stereocenters. The van der Waals surface area contributed by atoms with Crippen molar-refractivity contribution in [3.8, 4) is 5.75 Å². The minimum atomic E-state index is -2.50. The molecule has 0 bridgehead atoms. The summed E-state index contributed by atoms with van der Waals surface area (Å²) in [7, 11) is 1.46. The van der Waals surface area contributed by atoms with Crippen LogP contribution in [0.1, 0.15) is 10.4 Å². The van der Waals surface area contributed by atoms with E-state index in [-0.39, 0.29) is 19.1 Å². The highest BCUT2D eigenvalue weighted by atomic mass is 79.9. The van der Waals surface area contributed by atoms with Crippen LogP contribution in [0, 0.1) is 0 Å². The Bertz CT molecular complexity index is 429. The highest BCUT2D eigenvalue weighted by Crippen LogP contribution is 2.23. The van der Waals surface area contributed by atoms with Gasteiger partial charge in [-0.3, -0.25) is 4.79 Å². The lowest BCUT2D eigenvalue weighted by Crippen LogP contribution is -2.28. The third kappa shape index (κ3) is 5.52. The highest BCUT2D eigenvalue weighted by molar-refractivity contribution is 9.10. The molecule has 106 valence electrons. The Labute approximate surface area is 118 Å². The summed E-state index contributed by atoms with van der Waals surface area (Å²) >= 11 is 3.27. The van der Waals surface area contributed by atoms with Gasteiger partial charge in [-0.1, -0.05) is 15.9 Å². The van der Waals surface area contributed by atoms with Gasteiger partial charge in [0.2, 0.25) is 0 Å². The van der Waals surface area contributed by atoms with Gasteiger partial charge in [0, 0.05) is 11.0 Å². The summed E-state index contributed by atoms with van der Waals surface area (Å²) in [4.78, 5) is 11.8. The summed E-state index contributed by atoms with van der Waals surface area (Å²) in [6.07, 6.45) is -2.50. The van der Waals surface area contributed by atoms with E-state index in [1.807, 2.05) is 0 Å². The molecule has 0 saturated carbocycles. The average Bonchev–Trinajstić information content (AvgIpc) is 2.37. The van der Waals surface area contributed by atoms with Crippen molar-refractivity contribution in [2.75, 3.05) is 26.9 Å². The average molecular weight is 338 g/mol. The minimum Gasteiger partial charge on any atom is -0.496 e. The van der Waals surface area contributed by atoms with Gasteiger partial charge in [-0.05, 0) is 18.2 Å². The Hall–Kier alpha value is -1.21. The number of halogens is 3. The van der Waals surface area contributed by atoms with Crippen molar-refractivity contribution in [1.82, 2.24) is 5.32 Å². The lowest BCUT2D eigenvalue weighted by atomic mass is 10.2. The lowest BCUT2D eigenvalue weighted by Gasteiger charge is -2.10. The molecular weight excluding hydrogens is 324 g/mol. The molecule has 0 spiro atoms. The summed E-state index contributed by atoms with van der Waals surface area (Å²) < 4.78 is 34.1. The van der Waals surface area contributed by atoms with Gasteiger partial charge in [0.15, 0.2) is 0 Å². The summed E-state index contributed by atoms with van der Waals surface area (Å²) in [6.45, 7) is -0.433. The zero-order chi connectivity index (χ0) is 14.3. The van der Waals surface area contributed by atoms with Gasteiger partial charge >= 0.3 is 0 Å². The Balaban J connectivity index is 2.45. The van der Waals surface area contributed by atoms with Crippen molar-refractivity contribution >= 4 is 21.8 Å².